The minimum Gasteiger partial charge on any atom is -0.447 e. The van der Waals surface area contributed by atoms with Gasteiger partial charge in [0, 0.05) is 5.54 Å². The van der Waals surface area contributed by atoms with E-state index >= 15 is 0 Å². The van der Waals surface area contributed by atoms with E-state index < -0.39 is 0 Å². The highest BCUT2D eigenvalue weighted by atomic mass is 16.3. The van der Waals surface area contributed by atoms with Crippen molar-refractivity contribution in [1.29, 1.82) is 0 Å². The molecule has 0 aliphatic heterocycles. The predicted molar refractivity (Wildman–Crippen MR) is 45.6 cm³/mol. The Hall–Kier alpha value is -0.830. The van der Waals surface area contributed by atoms with Crippen LogP contribution in [-0.2, 0) is 6.54 Å². The van der Waals surface area contributed by atoms with Crippen molar-refractivity contribution in [3.63, 3.8) is 0 Å². The first kappa shape index (κ1) is 7.80. The lowest BCUT2D eigenvalue weighted by atomic mass is 9.78. The fraction of sp³-hybridized carbons (Fsp3) is 0.667. The van der Waals surface area contributed by atoms with Gasteiger partial charge < -0.3 is 9.73 Å². The molecule has 2 rings (SSSR count). The zero-order valence-electron chi connectivity index (χ0n) is 7.34. The van der Waals surface area contributed by atoms with Crippen molar-refractivity contribution in [2.45, 2.75) is 38.3 Å². The van der Waals surface area contributed by atoms with Crippen LogP contribution in [0, 0.1) is 0 Å². The van der Waals surface area contributed by atoms with Gasteiger partial charge >= 0.3 is 0 Å². The van der Waals surface area contributed by atoms with Gasteiger partial charge in [-0.1, -0.05) is 0 Å². The lowest BCUT2D eigenvalue weighted by molar-refractivity contribution is 0.201. The third-order valence-corrected chi connectivity index (χ3v) is 2.63. The summed E-state index contributed by atoms with van der Waals surface area (Å²) in [5.74, 6) is 0.920. The van der Waals surface area contributed by atoms with E-state index in [9.17, 15) is 0 Å². The van der Waals surface area contributed by atoms with Gasteiger partial charge in [-0.25, -0.2) is 4.98 Å². The molecule has 1 heterocycles. The lowest BCUT2D eigenvalue weighted by Crippen LogP contribution is -2.47. The summed E-state index contributed by atoms with van der Waals surface area (Å²) in [7, 11) is 0. The highest BCUT2D eigenvalue weighted by molar-refractivity contribution is 4.95. The monoisotopic (exact) mass is 166 g/mol. The van der Waals surface area contributed by atoms with Gasteiger partial charge in [-0.15, -0.1) is 0 Å². The number of oxazole rings is 1. The molecule has 0 unspecified atom stereocenters. The second-order valence-electron chi connectivity index (χ2n) is 3.74. The average Bonchev–Trinajstić information content (AvgIpc) is 2.49. The quantitative estimate of drug-likeness (QED) is 0.742. The normalized spacial score (nSPS) is 20.4. The van der Waals surface area contributed by atoms with Crippen LogP contribution < -0.4 is 5.32 Å². The Bertz CT molecular complexity index is 239. The third-order valence-electron chi connectivity index (χ3n) is 2.63. The van der Waals surface area contributed by atoms with E-state index in [1.54, 1.807) is 6.20 Å². The molecule has 1 N–H and O–H groups in total. The molecule has 1 aromatic heterocycles. The van der Waals surface area contributed by atoms with E-state index in [-0.39, 0.29) is 0 Å². The Labute approximate surface area is 72.2 Å². The molecule has 1 aromatic rings. The highest BCUT2D eigenvalue weighted by Crippen LogP contribution is 2.31. The number of aromatic nitrogens is 1. The van der Waals surface area contributed by atoms with Gasteiger partial charge in [0.1, 0.15) is 5.76 Å². The number of nitrogens with one attached hydrogen (secondary N) is 1. The molecule has 3 heteroatoms. The molecule has 66 valence electrons. The largest absolute Gasteiger partial charge is 0.447 e. The maximum atomic E-state index is 5.12. The summed E-state index contributed by atoms with van der Waals surface area (Å²) in [6.07, 6.45) is 7.14. The molecule has 1 aliphatic rings. The van der Waals surface area contributed by atoms with Crippen LogP contribution in [0.5, 0.6) is 0 Å². The van der Waals surface area contributed by atoms with Crippen LogP contribution in [0.4, 0.5) is 0 Å². The number of hydrogen-bond acceptors (Lipinski definition) is 3. The van der Waals surface area contributed by atoms with Crippen LogP contribution in [0.25, 0.3) is 0 Å². The molecule has 1 saturated carbocycles. The number of rotatable bonds is 3. The molecule has 0 saturated heterocycles. The van der Waals surface area contributed by atoms with Crippen molar-refractivity contribution in [1.82, 2.24) is 10.3 Å². The summed E-state index contributed by atoms with van der Waals surface area (Å²) in [5, 5.41) is 3.46. The van der Waals surface area contributed by atoms with E-state index in [0.29, 0.717) is 5.54 Å². The molecule has 1 aliphatic carbocycles. The SMILES string of the molecule is CC1(NCc2cnco2)CCC1. The zero-order valence-corrected chi connectivity index (χ0v) is 7.34. The van der Waals surface area contributed by atoms with Crippen LogP contribution >= 0.6 is 0 Å². The van der Waals surface area contributed by atoms with Crippen LogP contribution in [0.15, 0.2) is 17.0 Å². The van der Waals surface area contributed by atoms with Crippen LogP contribution in [0.1, 0.15) is 31.9 Å². The molecule has 1 fully saturated rings. The summed E-state index contributed by atoms with van der Waals surface area (Å²) in [4.78, 5) is 3.86. The summed E-state index contributed by atoms with van der Waals surface area (Å²) in [6.45, 7) is 3.06. The van der Waals surface area contributed by atoms with Crippen molar-refractivity contribution in [2.75, 3.05) is 0 Å². The van der Waals surface area contributed by atoms with Crippen LogP contribution in [0.3, 0.4) is 0 Å². The Morgan fingerprint density at radius 3 is 3.00 bits per heavy atom. The lowest BCUT2D eigenvalue weighted by Gasteiger charge is -2.39. The fourth-order valence-electron chi connectivity index (χ4n) is 1.51. The van der Waals surface area contributed by atoms with Crippen molar-refractivity contribution >= 4 is 0 Å². The molecular formula is C9H14N2O. The fourth-order valence-corrected chi connectivity index (χ4v) is 1.51. The molecule has 0 atom stereocenters. The van der Waals surface area contributed by atoms with Gasteiger partial charge in [-0.05, 0) is 26.2 Å². The molecule has 0 bridgehead atoms. The van der Waals surface area contributed by atoms with Gasteiger partial charge in [-0.2, -0.15) is 0 Å². The van der Waals surface area contributed by atoms with E-state index in [1.165, 1.54) is 25.7 Å². The van der Waals surface area contributed by atoms with Crippen LogP contribution in [0.2, 0.25) is 0 Å². The first-order chi connectivity index (χ1) is 5.79. The van der Waals surface area contributed by atoms with E-state index in [1.807, 2.05) is 0 Å². The third kappa shape index (κ3) is 1.50. The van der Waals surface area contributed by atoms with Gasteiger partial charge in [0.25, 0.3) is 0 Å². The van der Waals surface area contributed by atoms with Crippen LogP contribution in [-0.4, -0.2) is 10.5 Å². The molecular weight excluding hydrogens is 152 g/mol. The Morgan fingerprint density at radius 2 is 2.50 bits per heavy atom. The Morgan fingerprint density at radius 1 is 1.67 bits per heavy atom. The maximum absolute atomic E-state index is 5.12. The average molecular weight is 166 g/mol. The standard InChI is InChI=1S/C9H14N2O/c1-9(3-2-4-9)11-6-8-5-10-7-12-8/h5,7,11H,2-4,6H2,1H3. The van der Waals surface area contributed by atoms with E-state index in [0.717, 1.165) is 12.3 Å². The molecule has 0 amide bonds. The Balaban J connectivity index is 1.82. The van der Waals surface area contributed by atoms with Crippen molar-refractivity contribution in [3.05, 3.63) is 18.4 Å². The second-order valence-corrected chi connectivity index (χ2v) is 3.74. The number of hydrogen-bond donors (Lipinski definition) is 1. The molecule has 12 heavy (non-hydrogen) atoms. The van der Waals surface area contributed by atoms with Crippen molar-refractivity contribution in [2.24, 2.45) is 0 Å². The topological polar surface area (TPSA) is 38.1 Å². The summed E-state index contributed by atoms with van der Waals surface area (Å²) >= 11 is 0. The molecule has 3 nitrogen and oxygen atoms in total. The highest BCUT2D eigenvalue weighted by Gasteiger charge is 2.30. The first-order valence-electron chi connectivity index (χ1n) is 4.41. The molecule has 0 radical (unpaired) electrons. The van der Waals surface area contributed by atoms with Gasteiger partial charge in [0.15, 0.2) is 6.39 Å². The van der Waals surface area contributed by atoms with E-state index in [2.05, 4.69) is 17.2 Å². The van der Waals surface area contributed by atoms with Gasteiger partial charge in [-0.3, -0.25) is 0 Å². The molecule has 0 spiro atoms. The maximum Gasteiger partial charge on any atom is 0.180 e. The van der Waals surface area contributed by atoms with Crippen molar-refractivity contribution < 1.29 is 4.42 Å². The Kier molecular flexibility index (Phi) is 1.89. The minimum absolute atomic E-state index is 0.354. The second kappa shape index (κ2) is 2.90. The smallest absolute Gasteiger partial charge is 0.180 e. The summed E-state index contributed by atoms with van der Waals surface area (Å²) < 4.78 is 5.12. The molecule has 0 aromatic carbocycles. The summed E-state index contributed by atoms with van der Waals surface area (Å²) in [6, 6.07) is 0. The van der Waals surface area contributed by atoms with Crippen molar-refractivity contribution in [3.8, 4) is 0 Å². The predicted octanol–water partition coefficient (Wildman–Crippen LogP) is 1.71. The first-order valence-corrected chi connectivity index (χ1v) is 4.41. The van der Waals surface area contributed by atoms with Gasteiger partial charge in [0.05, 0.1) is 12.7 Å². The number of nitrogens with zero attached hydrogens (tertiary/aromatic N) is 1. The zero-order chi connectivity index (χ0) is 8.44. The summed E-state index contributed by atoms with van der Waals surface area (Å²) in [5.41, 5.74) is 0.354. The van der Waals surface area contributed by atoms with E-state index in [4.69, 9.17) is 4.42 Å². The minimum atomic E-state index is 0.354. The van der Waals surface area contributed by atoms with Gasteiger partial charge in [0.2, 0.25) is 0 Å².